The fourth-order valence-corrected chi connectivity index (χ4v) is 4.18. The van der Waals surface area contributed by atoms with Crippen molar-refractivity contribution in [2.45, 2.75) is 63.8 Å². The van der Waals surface area contributed by atoms with Crippen molar-refractivity contribution in [2.24, 2.45) is 11.8 Å². The molecule has 0 heterocycles. The molecule has 146 valence electrons. The number of benzene rings is 1. The minimum atomic E-state index is -1.15. The Bertz CT molecular complexity index is 680. The molecule has 2 aliphatic carbocycles. The molecule has 0 bridgehead atoms. The van der Waals surface area contributed by atoms with Crippen molar-refractivity contribution >= 4 is 23.5 Å². The minimum Gasteiger partial charge on any atom is -0.550 e. The lowest BCUT2D eigenvalue weighted by atomic mass is 9.78. The van der Waals surface area contributed by atoms with E-state index in [1.54, 1.807) is 24.3 Å². The van der Waals surface area contributed by atoms with Crippen LogP contribution in [0.3, 0.4) is 0 Å². The molecule has 0 aliphatic heterocycles. The first-order chi connectivity index (χ1) is 13.0. The molecule has 6 nitrogen and oxygen atoms in total. The van der Waals surface area contributed by atoms with Gasteiger partial charge in [-0.25, -0.2) is 0 Å². The highest BCUT2D eigenvalue weighted by Gasteiger charge is 2.31. The molecule has 1 aromatic rings. The van der Waals surface area contributed by atoms with Crippen LogP contribution in [0.2, 0.25) is 0 Å². The normalized spacial score (nSPS) is 23.4. The van der Waals surface area contributed by atoms with Gasteiger partial charge in [-0.05, 0) is 49.9 Å². The van der Waals surface area contributed by atoms with Crippen LogP contribution in [0.4, 0.5) is 5.69 Å². The average molecular weight is 371 g/mol. The van der Waals surface area contributed by atoms with Gasteiger partial charge in [0, 0.05) is 35.1 Å². The largest absolute Gasteiger partial charge is 0.550 e. The van der Waals surface area contributed by atoms with E-state index >= 15 is 0 Å². The zero-order valence-electron chi connectivity index (χ0n) is 15.5. The van der Waals surface area contributed by atoms with Crippen LogP contribution >= 0.6 is 0 Å². The molecule has 2 fully saturated rings. The number of nitrogens with one attached hydrogen (secondary N) is 2. The summed E-state index contributed by atoms with van der Waals surface area (Å²) in [6.45, 7) is 0. The Balaban J connectivity index is 1.57. The highest BCUT2D eigenvalue weighted by molar-refractivity contribution is 5.97. The molecule has 27 heavy (non-hydrogen) atoms. The Morgan fingerprint density at radius 3 is 2.04 bits per heavy atom. The van der Waals surface area contributed by atoms with Gasteiger partial charge in [0.15, 0.2) is 0 Å². The van der Waals surface area contributed by atoms with E-state index in [0.29, 0.717) is 24.1 Å². The summed E-state index contributed by atoms with van der Waals surface area (Å²) in [6, 6.07) is 6.99. The molecule has 2 N–H and O–H groups in total. The Labute approximate surface area is 159 Å². The summed E-state index contributed by atoms with van der Waals surface area (Å²) in [5.41, 5.74) is 1.13. The number of hydrogen-bond acceptors (Lipinski definition) is 4. The predicted molar refractivity (Wildman–Crippen MR) is 99.9 cm³/mol. The first-order valence-corrected chi connectivity index (χ1v) is 9.97. The minimum absolute atomic E-state index is 0.0935. The number of carboxylic acid groups (broad SMARTS) is 1. The van der Waals surface area contributed by atoms with Crippen molar-refractivity contribution in [1.29, 1.82) is 0 Å². The van der Waals surface area contributed by atoms with Gasteiger partial charge in [0.25, 0.3) is 5.91 Å². The molecular formula is C21H27N2O4-. The molecule has 2 saturated carbocycles. The van der Waals surface area contributed by atoms with Crippen molar-refractivity contribution in [1.82, 2.24) is 5.32 Å². The number of carboxylic acids is 1. The monoisotopic (exact) mass is 371 g/mol. The molecule has 0 unspecified atom stereocenters. The number of carbonyl (C=O) groups excluding carboxylic acids is 3. The fourth-order valence-electron chi connectivity index (χ4n) is 4.18. The van der Waals surface area contributed by atoms with Crippen molar-refractivity contribution < 1.29 is 19.5 Å². The molecule has 6 heteroatoms. The Morgan fingerprint density at radius 2 is 1.41 bits per heavy atom. The number of anilines is 1. The third kappa shape index (κ3) is 5.08. The van der Waals surface area contributed by atoms with E-state index in [9.17, 15) is 19.5 Å². The van der Waals surface area contributed by atoms with Gasteiger partial charge in [-0.2, -0.15) is 0 Å². The van der Waals surface area contributed by atoms with E-state index in [4.69, 9.17) is 0 Å². The van der Waals surface area contributed by atoms with Crippen LogP contribution in [0.15, 0.2) is 24.3 Å². The molecule has 2 aliphatic rings. The summed E-state index contributed by atoms with van der Waals surface area (Å²) in [7, 11) is 0. The molecule has 0 saturated heterocycles. The second-order valence-electron chi connectivity index (χ2n) is 7.69. The van der Waals surface area contributed by atoms with Gasteiger partial charge < -0.3 is 20.5 Å². The lowest BCUT2D eigenvalue weighted by Gasteiger charge is -2.31. The van der Waals surface area contributed by atoms with Crippen molar-refractivity contribution in [3.8, 4) is 0 Å². The maximum atomic E-state index is 12.5. The van der Waals surface area contributed by atoms with Gasteiger partial charge in [0.2, 0.25) is 5.91 Å². The Morgan fingerprint density at radius 1 is 0.815 bits per heavy atom. The maximum Gasteiger partial charge on any atom is 0.251 e. The molecule has 0 aromatic heterocycles. The van der Waals surface area contributed by atoms with Crippen LogP contribution in [0.25, 0.3) is 0 Å². The van der Waals surface area contributed by atoms with Crippen molar-refractivity contribution in [3.63, 3.8) is 0 Å². The van der Waals surface area contributed by atoms with E-state index in [1.807, 2.05) is 0 Å². The van der Waals surface area contributed by atoms with E-state index in [1.165, 1.54) is 6.42 Å². The molecule has 1 aromatic carbocycles. The van der Waals surface area contributed by atoms with Gasteiger partial charge in [0.1, 0.15) is 0 Å². The lowest BCUT2D eigenvalue weighted by molar-refractivity contribution is -0.313. The zero-order chi connectivity index (χ0) is 19.2. The number of rotatable bonds is 5. The average Bonchev–Trinajstić information content (AvgIpc) is 2.69. The van der Waals surface area contributed by atoms with E-state index in [2.05, 4.69) is 10.6 Å². The van der Waals surface area contributed by atoms with Crippen LogP contribution in [0, 0.1) is 11.8 Å². The molecule has 0 radical (unpaired) electrons. The van der Waals surface area contributed by atoms with Crippen LogP contribution in [-0.2, 0) is 9.59 Å². The van der Waals surface area contributed by atoms with E-state index < -0.39 is 17.8 Å². The number of hydrogen-bond donors (Lipinski definition) is 2. The third-order valence-corrected chi connectivity index (χ3v) is 5.76. The van der Waals surface area contributed by atoms with Gasteiger partial charge in [-0.3, -0.25) is 9.59 Å². The summed E-state index contributed by atoms with van der Waals surface area (Å²) in [5, 5.41) is 17.1. The van der Waals surface area contributed by atoms with Crippen molar-refractivity contribution in [2.75, 3.05) is 5.32 Å². The first kappa shape index (κ1) is 19.4. The summed E-state index contributed by atoms with van der Waals surface area (Å²) in [6.07, 6.45) is 8.32. The number of aliphatic carboxylic acids is 1. The predicted octanol–water partition coefficient (Wildman–Crippen LogP) is 2.24. The van der Waals surface area contributed by atoms with Gasteiger partial charge in [-0.15, -0.1) is 0 Å². The standard InChI is InChI=1S/C21H28N2O4/c24-19(22-15-6-2-1-3-7-15)14-10-12-16(13-11-14)23-20(25)17-8-4-5-9-18(17)21(26)27/h10-13,15,17-18H,1-9H2,(H,22,24)(H,23,25)(H,26,27)/p-1/t17-,18-/m1/s1. The van der Waals surface area contributed by atoms with Crippen LogP contribution < -0.4 is 15.7 Å². The van der Waals surface area contributed by atoms with Crippen LogP contribution in [0.5, 0.6) is 0 Å². The Hall–Kier alpha value is -2.37. The number of carbonyl (C=O) groups is 3. The molecule has 0 spiro atoms. The third-order valence-electron chi connectivity index (χ3n) is 5.76. The molecule has 3 rings (SSSR count). The second-order valence-corrected chi connectivity index (χ2v) is 7.69. The fraction of sp³-hybridized carbons (Fsp3) is 0.571. The molecule has 2 amide bonds. The van der Waals surface area contributed by atoms with Crippen LogP contribution in [-0.4, -0.2) is 23.8 Å². The second kappa shape index (κ2) is 9.02. The SMILES string of the molecule is O=C(NC1CCCCC1)c1ccc(NC(=O)[C@@H]2CCCC[C@H]2C(=O)[O-])cc1. The van der Waals surface area contributed by atoms with Gasteiger partial charge in [-0.1, -0.05) is 32.1 Å². The van der Waals surface area contributed by atoms with Crippen molar-refractivity contribution in [3.05, 3.63) is 29.8 Å². The highest BCUT2D eigenvalue weighted by Crippen LogP contribution is 2.30. The number of amides is 2. The summed E-state index contributed by atoms with van der Waals surface area (Å²) in [5.74, 6) is -2.81. The maximum absolute atomic E-state index is 12.5. The smallest absolute Gasteiger partial charge is 0.251 e. The van der Waals surface area contributed by atoms with E-state index in [-0.39, 0.29) is 17.9 Å². The molecular weight excluding hydrogens is 344 g/mol. The van der Waals surface area contributed by atoms with E-state index in [0.717, 1.165) is 38.5 Å². The zero-order valence-corrected chi connectivity index (χ0v) is 15.5. The Kier molecular flexibility index (Phi) is 6.48. The quantitative estimate of drug-likeness (QED) is 0.829. The highest BCUT2D eigenvalue weighted by atomic mass is 16.4. The summed E-state index contributed by atoms with van der Waals surface area (Å²) in [4.78, 5) is 36.1. The topological polar surface area (TPSA) is 98.3 Å². The lowest BCUT2D eigenvalue weighted by Crippen LogP contribution is -2.42. The summed E-state index contributed by atoms with van der Waals surface area (Å²) >= 11 is 0. The van der Waals surface area contributed by atoms with Gasteiger partial charge >= 0.3 is 0 Å². The van der Waals surface area contributed by atoms with Gasteiger partial charge in [0.05, 0.1) is 0 Å². The molecule has 2 atom stereocenters. The first-order valence-electron chi connectivity index (χ1n) is 9.97. The summed E-state index contributed by atoms with van der Waals surface area (Å²) < 4.78 is 0. The van der Waals surface area contributed by atoms with Crippen LogP contribution in [0.1, 0.15) is 68.1 Å².